The molecule has 104 valence electrons. The molecule has 2 rings (SSSR count). The van der Waals surface area contributed by atoms with Gasteiger partial charge in [-0.3, -0.25) is 4.68 Å². The monoisotopic (exact) mass is 283 g/mol. The van der Waals surface area contributed by atoms with Crippen molar-refractivity contribution in [3.05, 3.63) is 12.3 Å². The first kappa shape index (κ1) is 14.0. The van der Waals surface area contributed by atoms with Crippen molar-refractivity contribution in [2.75, 3.05) is 20.1 Å². The van der Waals surface area contributed by atoms with Crippen molar-refractivity contribution in [2.24, 2.45) is 7.05 Å². The van der Waals surface area contributed by atoms with E-state index in [2.05, 4.69) is 20.8 Å². The second-order valence-corrected chi connectivity index (χ2v) is 6.53. The van der Waals surface area contributed by atoms with Crippen molar-refractivity contribution in [2.45, 2.75) is 23.4 Å². The van der Waals surface area contributed by atoms with Gasteiger partial charge in [0.05, 0.1) is 12.3 Å². The van der Waals surface area contributed by atoms with Gasteiger partial charge < -0.3 is 4.90 Å². The second kappa shape index (κ2) is 4.92. The molecule has 0 saturated carbocycles. The van der Waals surface area contributed by atoms with E-state index in [0.717, 1.165) is 0 Å². The summed E-state index contributed by atoms with van der Waals surface area (Å²) in [4.78, 5) is 2.08. The molecule has 0 radical (unpaired) electrons. The van der Waals surface area contributed by atoms with Crippen LogP contribution in [0.1, 0.15) is 12.8 Å². The van der Waals surface area contributed by atoms with Crippen LogP contribution in [0.4, 0.5) is 0 Å². The van der Waals surface area contributed by atoms with E-state index in [4.69, 9.17) is 0 Å². The zero-order chi connectivity index (χ0) is 14.1. The number of hydrogen-bond acceptors (Lipinski definition) is 5. The number of likely N-dealkylation sites (tertiary alicyclic amines) is 1. The molecule has 0 aliphatic carbocycles. The number of aryl methyl sites for hydroxylation is 1. The molecule has 1 saturated heterocycles. The topological polar surface area (TPSA) is 91.0 Å². The summed E-state index contributed by atoms with van der Waals surface area (Å²) in [5, 5.41) is 13.3. The highest BCUT2D eigenvalue weighted by atomic mass is 32.2. The van der Waals surface area contributed by atoms with Crippen LogP contribution in [-0.2, 0) is 17.1 Å². The average Bonchev–Trinajstić information content (AvgIpc) is 2.79. The van der Waals surface area contributed by atoms with Crippen molar-refractivity contribution < 1.29 is 8.42 Å². The maximum atomic E-state index is 12.3. The lowest BCUT2D eigenvalue weighted by Gasteiger charge is -2.35. The Balaban J connectivity index is 2.24. The van der Waals surface area contributed by atoms with Gasteiger partial charge in [0.25, 0.3) is 10.0 Å². The first-order valence-electron chi connectivity index (χ1n) is 6.00. The standard InChI is InChI=1S/C11H17N5O2S/c1-15-7-4-11(9-12,5-8-15)14-19(17,18)10-3-6-13-16(10)2/h3,6,14H,4-5,7-8H2,1-2H3. The molecule has 1 aromatic rings. The van der Waals surface area contributed by atoms with Crippen LogP contribution >= 0.6 is 0 Å². The Morgan fingerprint density at radius 3 is 2.53 bits per heavy atom. The Bertz CT molecular complexity index is 593. The third kappa shape index (κ3) is 2.78. The third-order valence-corrected chi connectivity index (χ3v) is 5.05. The van der Waals surface area contributed by atoms with Crippen LogP contribution in [0.3, 0.4) is 0 Å². The van der Waals surface area contributed by atoms with E-state index in [0.29, 0.717) is 25.9 Å². The molecule has 7 nitrogen and oxygen atoms in total. The Hall–Kier alpha value is -1.43. The highest BCUT2D eigenvalue weighted by Crippen LogP contribution is 2.23. The van der Waals surface area contributed by atoms with Crippen molar-refractivity contribution in [3.63, 3.8) is 0 Å². The molecule has 0 bridgehead atoms. The minimum atomic E-state index is -3.73. The van der Waals surface area contributed by atoms with Crippen molar-refractivity contribution >= 4 is 10.0 Å². The summed E-state index contributed by atoms with van der Waals surface area (Å²) >= 11 is 0. The number of rotatable bonds is 3. The highest BCUT2D eigenvalue weighted by molar-refractivity contribution is 7.89. The van der Waals surface area contributed by atoms with Crippen molar-refractivity contribution in [3.8, 4) is 6.07 Å². The van der Waals surface area contributed by atoms with Crippen LogP contribution in [0.5, 0.6) is 0 Å². The molecule has 1 fully saturated rings. The van der Waals surface area contributed by atoms with E-state index in [-0.39, 0.29) is 5.03 Å². The van der Waals surface area contributed by atoms with Crippen LogP contribution in [0, 0.1) is 11.3 Å². The molecule has 1 aliphatic heterocycles. The highest BCUT2D eigenvalue weighted by Gasteiger charge is 2.38. The molecule has 1 aliphatic rings. The lowest BCUT2D eigenvalue weighted by Crippen LogP contribution is -2.53. The van der Waals surface area contributed by atoms with Gasteiger partial charge in [0.2, 0.25) is 0 Å². The van der Waals surface area contributed by atoms with E-state index in [1.807, 2.05) is 7.05 Å². The molecule has 0 amide bonds. The van der Waals surface area contributed by atoms with Crippen molar-refractivity contribution in [1.82, 2.24) is 19.4 Å². The molecule has 1 N–H and O–H groups in total. The molecule has 0 aromatic carbocycles. The van der Waals surface area contributed by atoms with E-state index in [1.165, 1.54) is 16.9 Å². The third-order valence-electron chi connectivity index (χ3n) is 3.44. The van der Waals surface area contributed by atoms with Crippen LogP contribution in [-0.4, -0.2) is 48.8 Å². The van der Waals surface area contributed by atoms with Gasteiger partial charge in [-0.1, -0.05) is 0 Å². The number of nitrogens with one attached hydrogen (secondary N) is 1. The van der Waals surface area contributed by atoms with Gasteiger partial charge in [0.15, 0.2) is 5.03 Å². The molecule has 19 heavy (non-hydrogen) atoms. The Labute approximate surface area is 112 Å². The van der Waals surface area contributed by atoms with Gasteiger partial charge >= 0.3 is 0 Å². The quantitative estimate of drug-likeness (QED) is 0.821. The van der Waals surface area contributed by atoms with E-state index in [9.17, 15) is 13.7 Å². The summed E-state index contributed by atoms with van der Waals surface area (Å²) in [6.45, 7) is 1.39. The molecule has 0 atom stereocenters. The maximum absolute atomic E-state index is 12.3. The number of hydrogen-bond donors (Lipinski definition) is 1. The SMILES string of the molecule is CN1CCC(C#N)(NS(=O)(=O)c2ccnn2C)CC1. The van der Waals surface area contributed by atoms with Crippen molar-refractivity contribution in [1.29, 1.82) is 5.26 Å². The zero-order valence-electron chi connectivity index (χ0n) is 11.0. The predicted octanol–water partition coefficient (Wildman–Crippen LogP) is -0.314. The number of sulfonamides is 1. The number of nitriles is 1. The number of piperidine rings is 1. The second-order valence-electron chi connectivity index (χ2n) is 4.90. The summed E-state index contributed by atoms with van der Waals surface area (Å²) in [5.41, 5.74) is -1.02. The molecule has 2 heterocycles. The van der Waals surface area contributed by atoms with Crippen LogP contribution < -0.4 is 4.72 Å². The van der Waals surface area contributed by atoms with E-state index < -0.39 is 15.6 Å². The minimum absolute atomic E-state index is 0.0704. The lowest BCUT2D eigenvalue weighted by atomic mass is 9.91. The maximum Gasteiger partial charge on any atom is 0.259 e. The van der Waals surface area contributed by atoms with Gasteiger partial charge in [-0.2, -0.15) is 15.1 Å². The van der Waals surface area contributed by atoms with Gasteiger partial charge in [-0.15, -0.1) is 0 Å². The molecular weight excluding hydrogens is 266 g/mol. The fourth-order valence-electron chi connectivity index (χ4n) is 2.17. The Kier molecular flexibility index (Phi) is 3.62. The van der Waals surface area contributed by atoms with Gasteiger partial charge in [-0.25, -0.2) is 8.42 Å². The van der Waals surface area contributed by atoms with E-state index >= 15 is 0 Å². The van der Waals surface area contributed by atoms with Crippen LogP contribution in [0.25, 0.3) is 0 Å². The zero-order valence-corrected chi connectivity index (χ0v) is 11.8. The normalized spacial score (nSPS) is 20.1. The summed E-state index contributed by atoms with van der Waals surface area (Å²) in [5.74, 6) is 0. The first-order valence-corrected chi connectivity index (χ1v) is 7.49. The summed E-state index contributed by atoms with van der Waals surface area (Å²) < 4.78 is 28.4. The van der Waals surface area contributed by atoms with Gasteiger partial charge in [0, 0.05) is 20.1 Å². The number of nitrogens with zero attached hydrogens (tertiary/aromatic N) is 4. The fraction of sp³-hybridized carbons (Fsp3) is 0.636. The van der Waals surface area contributed by atoms with Gasteiger partial charge in [-0.05, 0) is 26.0 Å². The van der Waals surface area contributed by atoms with Crippen LogP contribution in [0.15, 0.2) is 17.3 Å². The average molecular weight is 283 g/mol. The smallest absolute Gasteiger partial charge is 0.259 e. The molecule has 1 aromatic heterocycles. The first-order chi connectivity index (χ1) is 8.88. The van der Waals surface area contributed by atoms with Gasteiger partial charge in [0.1, 0.15) is 5.54 Å². The number of aromatic nitrogens is 2. The molecule has 0 unspecified atom stereocenters. The van der Waals surface area contributed by atoms with E-state index in [1.54, 1.807) is 7.05 Å². The summed E-state index contributed by atoms with van der Waals surface area (Å²) in [7, 11) is -0.213. The molecule has 0 spiro atoms. The fourth-order valence-corrected chi connectivity index (χ4v) is 3.68. The predicted molar refractivity (Wildman–Crippen MR) is 68.6 cm³/mol. The minimum Gasteiger partial charge on any atom is -0.306 e. The Morgan fingerprint density at radius 2 is 2.05 bits per heavy atom. The Morgan fingerprint density at radius 1 is 1.42 bits per heavy atom. The molecule has 8 heteroatoms. The molecular formula is C11H17N5O2S. The van der Waals surface area contributed by atoms with Crippen LogP contribution in [0.2, 0.25) is 0 Å². The summed E-state index contributed by atoms with van der Waals surface area (Å²) in [6.07, 6.45) is 2.39. The largest absolute Gasteiger partial charge is 0.306 e. The summed E-state index contributed by atoms with van der Waals surface area (Å²) in [6, 6.07) is 3.55. The lowest BCUT2D eigenvalue weighted by molar-refractivity contribution is 0.213.